The topological polar surface area (TPSA) is 29.1 Å². The van der Waals surface area contributed by atoms with E-state index >= 15 is 0 Å². The van der Waals surface area contributed by atoms with E-state index in [1.165, 1.54) is 16.3 Å². The van der Waals surface area contributed by atoms with Gasteiger partial charge in [0.05, 0.1) is 0 Å². The normalized spacial score (nSPS) is 10.9. The molecule has 0 aliphatic heterocycles. The van der Waals surface area contributed by atoms with Gasteiger partial charge in [0.1, 0.15) is 0 Å². The summed E-state index contributed by atoms with van der Waals surface area (Å²) in [7, 11) is 0. The minimum absolute atomic E-state index is 0.148. The molecule has 0 atom stereocenters. The molecule has 0 spiro atoms. The molecule has 2 heteroatoms. The lowest BCUT2D eigenvalue weighted by molar-refractivity contribution is -0.121. The number of carbonyl (C=O) groups is 1. The van der Waals surface area contributed by atoms with Crippen LogP contribution in [-0.4, -0.2) is 12.5 Å². The Kier molecular flexibility index (Phi) is 4.56. The van der Waals surface area contributed by atoms with E-state index in [-0.39, 0.29) is 5.91 Å². The fourth-order valence-corrected chi connectivity index (χ4v) is 2.29. The van der Waals surface area contributed by atoms with Crippen molar-refractivity contribution < 1.29 is 4.79 Å². The van der Waals surface area contributed by atoms with Crippen LogP contribution in [-0.2, 0) is 11.2 Å². The summed E-state index contributed by atoms with van der Waals surface area (Å²) >= 11 is 0. The lowest BCUT2D eigenvalue weighted by atomic mass is 10.0. The van der Waals surface area contributed by atoms with Gasteiger partial charge >= 0.3 is 0 Å². The first-order valence-electron chi connectivity index (χ1n) is 6.90. The second-order valence-corrected chi connectivity index (χ2v) is 5.34. The van der Waals surface area contributed by atoms with Gasteiger partial charge in [0.25, 0.3) is 0 Å². The molecule has 0 unspecified atom stereocenters. The molecule has 0 radical (unpaired) electrons. The molecule has 0 bridgehead atoms. The molecule has 0 saturated carbocycles. The number of fused-ring (bicyclic) bond motifs is 1. The van der Waals surface area contributed by atoms with E-state index in [4.69, 9.17) is 0 Å². The lowest BCUT2D eigenvalue weighted by Gasteiger charge is -2.09. The predicted octanol–water partition coefficient (Wildman–Crippen LogP) is 3.54. The number of nitrogens with one attached hydrogen (secondary N) is 1. The first-order valence-corrected chi connectivity index (χ1v) is 6.90. The molecule has 1 N–H and O–H groups in total. The first kappa shape index (κ1) is 13.6. The Morgan fingerprint density at radius 1 is 1.11 bits per heavy atom. The highest BCUT2D eigenvalue weighted by atomic mass is 16.1. The summed E-state index contributed by atoms with van der Waals surface area (Å²) in [5.41, 5.74) is 1.29. The van der Waals surface area contributed by atoms with E-state index in [2.05, 4.69) is 61.6 Å². The van der Waals surface area contributed by atoms with Crippen molar-refractivity contribution in [2.45, 2.75) is 26.7 Å². The van der Waals surface area contributed by atoms with E-state index in [1.54, 1.807) is 0 Å². The number of carbonyl (C=O) groups excluding carboxylic acids is 1. The summed E-state index contributed by atoms with van der Waals surface area (Å²) < 4.78 is 0. The average molecular weight is 255 g/mol. The maximum Gasteiger partial charge on any atom is 0.220 e. The third kappa shape index (κ3) is 3.82. The summed E-state index contributed by atoms with van der Waals surface area (Å²) in [5, 5.41) is 5.53. The lowest BCUT2D eigenvalue weighted by Crippen LogP contribution is -2.26. The number of benzene rings is 2. The second kappa shape index (κ2) is 6.37. The molecule has 1 amide bonds. The van der Waals surface area contributed by atoms with E-state index in [0.717, 1.165) is 6.42 Å². The quantitative estimate of drug-likeness (QED) is 0.870. The highest BCUT2D eigenvalue weighted by molar-refractivity contribution is 5.85. The van der Waals surface area contributed by atoms with Gasteiger partial charge in [-0.1, -0.05) is 56.3 Å². The maximum absolute atomic E-state index is 11.6. The Hall–Kier alpha value is -1.83. The van der Waals surface area contributed by atoms with E-state index in [9.17, 15) is 4.79 Å². The van der Waals surface area contributed by atoms with Crippen LogP contribution >= 0.6 is 0 Å². The summed E-state index contributed by atoms with van der Waals surface area (Å²) in [6.07, 6.45) is 1.49. The maximum atomic E-state index is 11.6. The molecule has 100 valence electrons. The number of hydrogen-bond donors (Lipinski definition) is 1. The minimum atomic E-state index is 0.148. The van der Waals surface area contributed by atoms with Crippen molar-refractivity contribution in [2.75, 3.05) is 6.54 Å². The molecule has 2 nitrogen and oxygen atoms in total. The van der Waals surface area contributed by atoms with Crippen molar-refractivity contribution in [3.8, 4) is 0 Å². The minimum Gasteiger partial charge on any atom is -0.356 e. The van der Waals surface area contributed by atoms with Crippen LogP contribution in [0.5, 0.6) is 0 Å². The fraction of sp³-hybridized carbons (Fsp3) is 0.353. The average Bonchev–Trinajstić information content (AvgIpc) is 2.38. The smallest absolute Gasteiger partial charge is 0.220 e. The van der Waals surface area contributed by atoms with Crippen molar-refractivity contribution in [3.05, 3.63) is 48.0 Å². The van der Waals surface area contributed by atoms with Crippen LogP contribution in [0, 0.1) is 5.92 Å². The van der Waals surface area contributed by atoms with Gasteiger partial charge in [0, 0.05) is 13.0 Å². The molecule has 19 heavy (non-hydrogen) atoms. The zero-order valence-corrected chi connectivity index (χ0v) is 11.6. The Morgan fingerprint density at radius 3 is 2.63 bits per heavy atom. The fourth-order valence-electron chi connectivity index (χ4n) is 2.29. The Bertz CT molecular complexity index is 555. The van der Waals surface area contributed by atoms with Crippen molar-refractivity contribution in [3.63, 3.8) is 0 Å². The predicted molar refractivity (Wildman–Crippen MR) is 80.1 cm³/mol. The van der Waals surface area contributed by atoms with Crippen LogP contribution in [0.15, 0.2) is 42.5 Å². The Morgan fingerprint density at radius 2 is 1.84 bits per heavy atom. The molecule has 2 rings (SSSR count). The van der Waals surface area contributed by atoms with Gasteiger partial charge in [-0.15, -0.1) is 0 Å². The van der Waals surface area contributed by atoms with Gasteiger partial charge in [-0.2, -0.15) is 0 Å². The van der Waals surface area contributed by atoms with E-state index in [1.807, 2.05) is 0 Å². The van der Waals surface area contributed by atoms with Crippen LogP contribution in [0.1, 0.15) is 25.8 Å². The van der Waals surface area contributed by atoms with Crippen LogP contribution in [0.2, 0.25) is 0 Å². The zero-order valence-electron chi connectivity index (χ0n) is 11.6. The van der Waals surface area contributed by atoms with Gasteiger partial charge in [-0.25, -0.2) is 0 Å². The standard InChI is InChI=1S/C17H21NO/c1-13(2)12-17(19)18-11-10-15-8-5-7-14-6-3-4-9-16(14)15/h3-9,13H,10-12H2,1-2H3,(H,18,19). The number of amides is 1. The molecule has 0 aliphatic carbocycles. The highest BCUT2D eigenvalue weighted by Gasteiger charge is 2.05. The van der Waals surface area contributed by atoms with Gasteiger partial charge in [0.2, 0.25) is 5.91 Å². The highest BCUT2D eigenvalue weighted by Crippen LogP contribution is 2.18. The molecule has 0 aliphatic rings. The van der Waals surface area contributed by atoms with Gasteiger partial charge in [-0.05, 0) is 28.7 Å². The molecule has 0 fully saturated rings. The van der Waals surface area contributed by atoms with Crippen LogP contribution in [0.3, 0.4) is 0 Å². The third-order valence-electron chi connectivity index (χ3n) is 3.19. The SMILES string of the molecule is CC(C)CC(=O)NCCc1cccc2ccccc12. The van der Waals surface area contributed by atoms with Crippen LogP contribution < -0.4 is 5.32 Å². The summed E-state index contributed by atoms with van der Waals surface area (Å²) in [4.78, 5) is 11.6. The Labute approximate surface area is 114 Å². The summed E-state index contributed by atoms with van der Waals surface area (Å²) in [6.45, 7) is 4.83. The third-order valence-corrected chi connectivity index (χ3v) is 3.19. The van der Waals surface area contributed by atoms with Crippen molar-refractivity contribution in [2.24, 2.45) is 5.92 Å². The number of hydrogen-bond acceptors (Lipinski definition) is 1. The van der Waals surface area contributed by atoms with E-state index < -0.39 is 0 Å². The number of rotatable bonds is 5. The van der Waals surface area contributed by atoms with Crippen molar-refractivity contribution in [1.29, 1.82) is 0 Å². The largest absolute Gasteiger partial charge is 0.356 e. The molecule has 2 aromatic carbocycles. The molecule has 0 heterocycles. The summed E-state index contributed by atoms with van der Waals surface area (Å²) in [6, 6.07) is 14.7. The molecule has 2 aromatic rings. The molecular formula is C17H21NO. The van der Waals surface area contributed by atoms with Crippen molar-refractivity contribution >= 4 is 16.7 Å². The molecule has 0 aromatic heterocycles. The molecular weight excluding hydrogens is 234 g/mol. The van der Waals surface area contributed by atoms with E-state index in [0.29, 0.717) is 18.9 Å². The van der Waals surface area contributed by atoms with Gasteiger partial charge in [-0.3, -0.25) is 4.79 Å². The van der Waals surface area contributed by atoms with Crippen molar-refractivity contribution in [1.82, 2.24) is 5.32 Å². The van der Waals surface area contributed by atoms with Crippen LogP contribution in [0.25, 0.3) is 10.8 Å². The van der Waals surface area contributed by atoms with Gasteiger partial charge in [0.15, 0.2) is 0 Å². The second-order valence-electron chi connectivity index (χ2n) is 5.34. The molecule has 0 saturated heterocycles. The first-order chi connectivity index (χ1) is 9.16. The monoisotopic (exact) mass is 255 g/mol. The van der Waals surface area contributed by atoms with Crippen LogP contribution in [0.4, 0.5) is 0 Å². The Balaban J connectivity index is 1.97. The van der Waals surface area contributed by atoms with Gasteiger partial charge < -0.3 is 5.32 Å². The zero-order chi connectivity index (χ0) is 13.7. The summed E-state index contributed by atoms with van der Waals surface area (Å²) in [5.74, 6) is 0.563.